The highest BCUT2D eigenvalue weighted by atomic mass is 35.5. The monoisotopic (exact) mass is 467 g/mol. The number of carbonyl (C=O) groups is 1. The van der Waals surface area contributed by atoms with E-state index >= 15 is 0 Å². The molecule has 2 amide bonds. The largest absolute Gasteiger partial charge is 0.438 e. The van der Waals surface area contributed by atoms with Gasteiger partial charge in [-0.1, -0.05) is 23.7 Å². The molecule has 3 aromatic carbocycles. The molecule has 0 radical (unpaired) electrons. The molecule has 0 bridgehead atoms. The van der Waals surface area contributed by atoms with Gasteiger partial charge in [0.1, 0.15) is 23.2 Å². The van der Waals surface area contributed by atoms with Crippen LogP contribution in [-0.4, -0.2) is 22.5 Å². The molecule has 1 N–H and O–H groups in total. The Kier molecular flexibility index (Phi) is 5.50. The van der Waals surface area contributed by atoms with Crippen LogP contribution in [0.2, 0.25) is 5.02 Å². The Morgan fingerprint density at radius 1 is 1.09 bits per heavy atom. The van der Waals surface area contributed by atoms with Gasteiger partial charge in [-0.2, -0.15) is 0 Å². The van der Waals surface area contributed by atoms with Crippen molar-refractivity contribution in [2.45, 2.75) is 25.8 Å². The van der Waals surface area contributed by atoms with E-state index in [0.717, 1.165) is 17.5 Å². The van der Waals surface area contributed by atoms with Crippen LogP contribution in [-0.2, 0) is 0 Å². The Hall–Kier alpha value is -3.45. The molecule has 5 nitrogen and oxygen atoms in total. The highest BCUT2D eigenvalue weighted by Gasteiger charge is 2.33. The van der Waals surface area contributed by atoms with Gasteiger partial charge in [-0.15, -0.1) is 0 Å². The summed E-state index contributed by atoms with van der Waals surface area (Å²) in [6, 6.07) is 14.0. The molecular weight excluding hydrogens is 448 g/mol. The van der Waals surface area contributed by atoms with Crippen LogP contribution in [0.15, 0.2) is 59.0 Å². The van der Waals surface area contributed by atoms with Gasteiger partial charge in [0, 0.05) is 12.2 Å². The number of urea groups is 1. The summed E-state index contributed by atoms with van der Waals surface area (Å²) < 4.78 is 33.0. The molecule has 8 heteroatoms. The minimum atomic E-state index is -0.546. The van der Waals surface area contributed by atoms with E-state index in [-0.39, 0.29) is 22.9 Å². The molecule has 1 unspecified atom stereocenters. The number of amides is 2. The van der Waals surface area contributed by atoms with E-state index in [1.807, 2.05) is 18.2 Å². The van der Waals surface area contributed by atoms with E-state index in [1.54, 1.807) is 24.0 Å². The van der Waals surface area contributed by atoms with Crippen LogP contribution in [0.25, 0.3) is 22.2 Å². The Labute approximate surface area is 194 Å². The van der Waals surface area contributed by atoms with Crippen LogP contribution in [0.3, 0.4) is 0 Å². The molecule has 1 saturated heterocycles. The zero-order chi connectivity index (χ0) is 23.1. The summed E-state index contributed by atoms with van der Waals surface area (Å²) in [6.45, 7) is 2.27. The molecule has 1 atom stereocenters. The summed E-state index contributed by atoms with van der Waals surface area (Å²) in [5.41, 5.74) is 4.06. The molecule has 0 spiro atoms. The predicted molar refractivity (Wildman–Crippen MR) is 123 cm³/mol. The number of hydrogen-bond acceptors (Lipinski definition) is 3. The number of fused-ring (bicyclic) bond motifs is 1. The first-order valence-corrected chi connectivity index (χ1v) is 11.0. The molecule has 2 heterocycles. The van der Waals surface area contributed by atoms with Gasteiger partial charge in [0.15, 0.2) is 5.58 Å². The smallest absolute Gasteiger partial charge is 0.322 e. The second-order valence-electron chi connectivity index (χ2n) is 8.11. The second kappa shape index (κ2) is 8.48. The van der Waals surface area contributed by atoms with E-state index < -0.39 is 5.82 Å². The average Bonchev–Trinajstić information content (AvgIpc) is 3.44. The van der Waals surface area contributed by atoms with Crippen molar-refractivity contribution in [1.29, 1.82) is 0 Å². The number of carbonyl (C=O) groups excluding carboxylic acids is 1. The molecule has 168 valence electrons. The maximum absolute atomic E-state index is 13.6. The quantitative estimate of drug-likeness (QED) is 0.349. The van der Waals surface area contributed by atoms with Crippen LogP contribution < -0.4 is 5.32 Å². The zero-order valence-electron chi connectivity index (χ0n) is 17.7. The van der Waals surface area contributed by atoms with Crippen LogP contribution in [0.1, 0.15) is 30.3 Å². The third-order valence-electron chi connectivity index (χ3n) is 5.86. The Morgan fingerprint density at radius 2 is 1.85 bits per heavy atom. The summed E-state index contributed by atoms with van der Waals surface area (Å²) in [5.74, 6) is -0.330. The third-order valence-corrected chi connectivity index (χ3v) is 6.15. The summed E-state index contributed by atoms with van der Waals surface area (Å²) in [5, 5.41) is 2.70. The number of nitrogens with zero attached hydrogens (tertiary/aromatic N) is 2. The van der Waals surface area contributed by atoms with Gasteiger partial charge in [-0.05, 0) is 78.9 Å². The standard InChI is InChI=1S/C25H20ClF2N3O2/c1-14-11-15(4-7-19(14)27)16-5-9-23-21(12-16)30-24(33-23)22-3-2-10-31(22)25(32)29-17-6-8-20(28)18(26)13-17/h4-9,11-13,22H,2-3,10H2,1H3,(H,29,32). The van der Waals surface area contributed by atoms with Crippen molar-refractivity contribution in [2.75, 3.05) is 11.9 Å². The number of likely N-dealkylation sites (tertiary alicyclic amines) is 1. The first-order chi connectivity index (χ1) is 15.9. The van der Waals surface area contributed by atoms with E-state index in [0.29, 0.717) is 41.2 Å². The minimum Gasteiger partial charge on any atom is -0.438 e. The van der Waals surface area contributed by atoms with Crippen LogP contribution in [0.4, 0.5) is 19.3 Å². The zero-order valence-corrected chi connectivity index (χ0v) is 18.5. The van der Waals surface area contributed by atoms with Crippen molar-refractivity contribution in [3.8, 4) is 11.1 Å². The molecule has 1 aromatic heterocycles. The molecule has 1 aliphatic rings. The average molecular weight is 468 g/mol. The normalized spacial score (nSPS) is 15.9. The summed E-state index contributed by atoms with van der Waals surface area (Å²) in [4.78, 5) is 19.2. The molecule has 4 aromatic rings. The van der Waals surface area contributed by atoms with E-state index in [2.05, 4.69) is 10.3 Å². The molecule has 1 fully saturated rings. The van der Waals surface area contributed by atoms with Crippen molar-refractivity contribution < 1.29 is 18.0 Å². The number of nitrogens with one attached hydrogen (secondary N) is 1. The fourth-order valence-corrected chi connectivity index (χ4v) is 4.31. The van der Waals surface area contributed by atoms with E-state index in [4.69, 9.17) is 16.0 Å². The SMILES string of the molecule is Cc1cc(-c2ccc3oc(C4CCCN4C(=O)Nc4ccc(F)c(Cl)c4)nc3c2)ccc1F. The van der Waals surface area contributed by atoms with E-state index in [1.165, 1.54) is 24.3 Å². The molecule has 5 rings (SSSR count). The van der Waals surface area contributed by atoms with Crippen LogP contribution in [0.5, 0.6) is 0 Å². The summed E-state index contributed by atoms with van der Waals surface area (Å²) >= 11 is 5.82. The lowest BCUT2D eigenvalue weighted by Crippen LogP contribution is -2.34. The van der Waals surface area contributed by atoms with E-state index in [9.17, 15) is 13.6 Å². The Morgan fingerprint density at radius 3 is 2.64 bits per heavy atom. The maximum Gasteiger partial charge on any atom is 0.322 e. The number of anilines is 1. The second-order valence-corrected chi connectivity index (χ2v) is 8.52. The van der Waals surface area contributed by atoms with Gasteiger partial charge >= 0.3 is 6.03 Å². The fraction of sp³-hybridized carbons (Fsp3) is 0.200. The number of aromatic nitrogens is 1. The topological polar surface area (TPSA) is 58.4 Å². The number of aryl methyl sites for hydroxylation is 1. The summed E-state index contributed by atoms with van der Waals surface area (Å²) in [6.07, 6.45) is 1.52. The number of halogens is 3. The van der Waals surface area contributed by atoms with Crippen LogP contribution in [0, 0.1) is 18.6 Å². The van der Waals surface area contributed by atoms with Gasteiger partial charge in [-0.25, -0.2) is 18.6 Å². The molecule has 0 saturated carbocycles. The molecule has 0 aliphatic carbocycles. The first-order valence-electron chi connectivity index (χ1n) is 10.6. The lowest BCUT2D eigenvalue weighted by atomic mass is 10.0. The molecular formula is C25H20ClF2N3O2. The number of benzene rings is 3. The van der Waals surface area contributed by atoms with Gasteiger partial charge in [0.2, 0.25) is 5.89 Å². The van der Waals surface area contributed by atoms with Crippen molar-refractivity contribution in [3.05, 3.63) is 82.7 Å². The first kappa shape index (κ1) is 21.4. The summed E-state index contributed by atoms with van der Waals surface area (Å²) in [7, 11) is 0. The van der Waals surface area contributed by atoms with Gasteiger partial charge < -0.3 is 14.6 Å². The number of oxazole rings is 1. The molecule has 1 aliphatic heterocycles. The third kappa shape index (κ3) is 4.16. The Bertz CT molecular complexity index is 1370. The maximum atomic E-state index is 13.6. The fourth-order valence-electron chi connectivity index (χ4n) is 4.13. The van der Waals surface area contributed by atoms with Crippen molar-refractivity contribution in [1.82, 2.24) is 9.88 Å². The predicted octanol–water partition coefficient (Wildman–Crippen LogP) is 7.10. The number of hydrogen-bond donors (Lipinski definition) is 1. The lowest BCUT2D eigenvalue weighted by molar-refractivity contribution is 0.199. The minimum absolute atomic E-state index is 0.0584. The van der Waals surface area contributed by atoms with Crippen molar-refractivity contribution in [2.24, 2.45) is 0 Å². The lowest BCUT2D eigenvalue weighted by Gasteiger charge is -2.22. The highest BCUT2D eigenvalue weighted by Crippen LogP contribution is 2.35. The van der Waals surface area contributed by atoms with Crippen molar-refractivity contribution >= 4 is 34.4 Å². The van der Waals surface area contributed by atoms with Crippen molar-refractivity contribution in [3.63, 3.8) is 0 Å². The number of rotatable bonds is 3. The highest BCUT2D eigenvalue weighted by molar-refractivity contribution is 6.31. The van der Waals surface area contributed by atoms with Gasteiger partial charge in [0.25, 0.3) is 0 Å². The van der Waals surface area contributed by atoms with Gasteiger partial charge in [0.05, 0.1) is 5.02 Å². The molecule has 33 heavy (non-hydrogen) atoms. The Balaban J connectivity index is 1.39. The van der Waals surface area contributed by atoms with Gasteiger partial charge in [-0.3, -0.25) is 0 Å². The van der Waals surface area contributed by atoms with Crippen LogP contribution >= 0.6 is 11.6 Å².